The maximum atomic E-state index is 12.9. The van der Waals surface area contributed by atoms with Crippen molar-refractivity contribution in [2.45, 2.75) is 4.90 Å². The number of pyridine rings is 1. The number of halogens is 1. The van der Waals surface area contributed by atoms with Gasteiger partial charge in [0.1, 0.15) is 10.6 Å². The second-order valence-electron chi connectivity index (χ2n) is 5.67. The van der Waals surface area contributed by atoms with Gasteiger partial charge in [0.15, 0.2) is 0 Å². The van der Waals surface area contributed by atoms with Gasteiger partial charge in [-0.1, -0.05) is 15.9 Å². The fourth-order valence-corrected chi connectivity index (χ4v) is 3.91. The molecular weight excluding hydrogens is 446 g/mol. The Morgan fingerprint density at radius 2 is 1.68 bits per heavy atom. The van der Waals surface area contributed by atoms with Crippen molar-refractivity contribution in [3.8, 4) is 5.75 Å². The van der Waals surface area contributed by atoms with Gasteiger partial charge in [-0.2, -0.15) is 0 Å². The van der Waals surface area contributed by atoms with Crippen LogP contribution in [0.25, 0.3) is 0 Å². The number of anilines is 2. The maximum Gasteiger partial charge on any atom is 0.265 e. The van der Waals surface area contributed by atoms with Crippen molar-refractivity contribution >= 4 is 43.2 Å². The number of nitrogens with zero attached hydrogens (tertiary/aromatic N) is 1. The van der Waals surface area contributed by atoms with E-state index in [0.29, 0.717) is 11.4 Å². The van der Waals surface area contributed by atoms with Crippen molar-refractivity contribution in [2.75, 3.05) is 17.1 Å². The summed E-state index contributed by atoms with van der Waals surface area (Å²) in [5.41, 5.74) is 1.11. The zero-order valence-corrected chi connectivity index (χ0v) is 17.1. The van der Waals surface area contributed by atoms with Gasteiger partial charge in [0, 0.05) is 33.8 Å². The van der Waals surface area contributed by atoms with Gasteiger partial charge in [-0.15, -0.1) is 0 Å². The number of carbonyl (C=O) groups excluding carboxylic acids is 1. The first kappa shape index (κ1) is 19.8. The molecule has 1 heterocycles. The molecule has 28 heavy (non-hydrogen) atoms. The van der Waals surface area contributed by atoms with Crippen LogP contribution in [0, 0.1) is 0 Å². The van der Waals surface area contributed by atoms with E-state index in [1.807, 2.05) is 0 Å². The zero-order chi connectivity index (χ0) is 20.1. The van der Waals surface area contributed by atoms with E-state index >= 15 is 0 Å². The second kappa shape index (κ2) is 8.41. The van der Waals surface area contributed by atoms with Gasteiger partial charge >= 0.3 is 0 Å². The number of hydrogen-bond donors (Lipinski definition) is 2. The Hall–Kier alpha value is -2.91. The number of rotatable bonds is 6. The Balaban J connectivity index is 1.91. The molecule has 3 rings (SSSR count). The second-order valence-corrected chi connectivity index (χ2v) is 8.23. The van der Waals surface area contributed by atoms with Crippen molar-refractivity contribution < 1.29 is 17.9 Å². The van der Waals surface area contributed by atoms with Crippen molar-refractivity contribution in [2.24, 2.45) is 0 Å². The highest BCUT2D eigenvalue weighted by Crippen LogP contribution is 2.28. The predicted octanol–water partition coefficient (Wildman–Crippen LogP) is 3.91. The number of benzene rings is 2. The Labute approximate surface area is 170 Å². The van der Waals surface area contributed by atoms with E-state index in [2.05, 4.69) is 31.0 Å². The smallest absolute Gasteiger partial charge is 0.265 e. The van der Waals surface area contributed by atoms with Crippen LogP contribution in [0.5, 0.6) is 5.75 Å². The van der Waals surface area contributed by atoms with E-state index < -0.39 is 15.9 Å². The first-order chi connectivity index (χ1) is 13.4. The lowest BCUT2D eigenvalue weighted by Gasteiger charge is -2.13. The van der Waals surface area contributed by atoms with Crippen molar-refractivity contribution in [1.82, 2.24) is 4.98 Å². The van der Waals surface area contributed by atoms with Crippen LogP contribution < -0.4 is 14.8 Å². The molecule has 0 radical (unpaired) electrons. The van der Waals surface area contributed by atoms with E-state index in [-0.39, 0.29) is 16.2 Å². The van der Waals surface area contributed by atoms with E-state index in [0.717, 1.165) is 4.47 Å². The Morgan fingerprint density at radius 1 is 1.00 bits per heavy atom. The molecule has 0 fully saturated rings. The van der Waals surface area contributed by atoms with E-state index in [1.54, 1.807) is 48.8 Å². The average Bonchev–Trinajstić information content (AvgIpc) is 2.70. The molecule has 1 aromatic heterocycles. The Bertz CT molecular complexity index is 1090. The summed E-state index contributed by atoms with van der Waals surface area (Å²) in [5, 5.41) is 2.69. The number of aromatic nitrogens is 1. The fraction of sp³-hybridized carbons (Fsp3) is 0.0526. The Morgan fingerprint density at radius 3 is 2.32 bits per heavy atom. The van der Waals surface area contributed by atoms with E-state index in [9.17, 15) is 13.2 Å². The number of sulfonamides is 1. The SMILES string of the molecule is COc1ccc(C(=O)Nc2ccncc2)cc1S(=O)(=O)Nc1ccc(Br)cc1. The topological polar surface area (TPSA) is 97.4 Å². The van der Waals surface area contributed by atoms with Gasteiger partial charge in [0.2, 0.25) is 0 Å². The monoisotopic (exact) mass is 461 g/mol. The Kier molecular flexibility index (Phi) is 5.96. The number of nitrogens with one attached hydrogen (secondary N) is 2. The summed E-state index contributed by atoms with van der Waals surface area (Å²) in [4.78, 5) is 16.2. The molecule has 9 heteroatoms. The highest BCUT2D eigenvalue weighted by Gasteiger charge is 2.22. The summed E-state index contributed by atoms with van der Waals surface area (Å²) in [6.45, 7) is 0. The minimum atomic E-state index is -3.98. The molecule has 144 valence electrons. The predicted molar refractivity (Wildman–Crippen MR) is 110 cm³/mol. The summed E-state index contributed by atoms with van der Waals surface area (Å²) in [6.07, 6.45) is 3.09. The van der Waals surface area contributed by atoms with Crippen LogP contribution in [0.1, 0.15) is 10.4 Å². The third-order valence-corrected chi connectivity index (χ3v) is 5.68. The van der Waals surface area contributed by atoms with E-state index in [4.69, 9.17) is 4.74 Å². The molecule has 0 aliphatic rings. The standard InChI is InChI=1S/C19H16BrN3O4S/c1-27-17-7-2-13(19(24)22-15-8-10-21-11-9-15)12-18(17)28(25,26)23-16-5-3-14(20)4-6-16/h2-12,23H,1H3,(H,21,22,24). The lowest BCUT2D eigenvalue weighted by Crippen LogP contribution is -2.17. The number of ether oxygens (including phenoxy) is 1. The van der Waals surface area contributed by atoms with Crippen LogP contribution >= 0.6 is 15.9 Å². The van der Waals surface area contributed by atoms with Crippen LogP contribution in [0.4, 0.5) is 11.4 Å². The van der Waals surface area contributed by atoms with Crippen LogP contribution in [0.3, 0.4) is 0 Å². The number of methoxy groups -OCH3 is 1. The summed E-state index contributed by atoms with van der Waals surface area (Å²) in [6, 6.07) is 14.1. The van der Waals surface area contributed by atoms with Gasteiger partial charge in [0.25, 0.3) is 15.9 Å². The molecule has 0 saturated heterocycles. The lowest BCUT2D eigenvalue weighted by molar-refractivity contribution is 0.102. The number of carbonyl (C=O) groups is 1. The summed E-state index contributed by atoms with van der Waals surface area (Å²) in [5.74, 6) is -0.320. The average molecular weight is 462 g/mol. The molecule has 0 aliphatic carbocycles. The summed E-state index contributed by atoms with van der Waals surface area (Å²) in [7, 11) is -2.61. The molecule has 7 nitrogen and oxygen atoms in total. The molecule has 2 N–H and O–H groups in total. The molecule has 0 unspecified atom stereocenters. The van der Waals surface area contributed by atoms with E-state index in [1.165, 1.54) is 25.3 Å². The van der Waals surface area contributed by atoms with Crippen LogP contribution in [-0.4, -0.2) is 26.4 Å². The first-order valence-electron chi connectivity index (χ1n) is 8.07. The van der Waals surface area contributed by atoms with Crippen molar-refractivity contribution in [3.05, 3.63) is 77.0 Å². The maximum absolute atomic E-state index is 12.9. The highest BCUT2D eigenvalue weighted by atomic mass is 79.9. The lowest BCUT2D eigenvalue weighted by atomic mass is 10.2. The van der Waals surface area contributed by atoms with Gasteiger partial charge in [-0.3, -0.25) is 14.5 Å². The van der Waals surface area contributed by atoms with Crippen LogP contribution in [0.15, 0.2) is 76.4 Å². The van der Waals surface area contributed by atoms with Gasteiger partial charge in [-0.05, 0) is 54.6 Å². The molecule has 0 saturated carbocycles. The highest BCUT2D eigenvalue weighted by molar-refractivity contribution is 9.10. The molecule has 3 aromatic rings. The van der Waals surface area contributed by atoms with Crippen molar-refractivity contribution in [3.63, 3.8) is 0 Å². The molecule has 0 aliphatic heterocycles. The minimum Gasteiger partial charge on any atom is -0.495 e. The largest absolute Gasteiger partial charge is 0.495 e. The van der Waals surface area contributed by atoms with Gasteiger partial charge in [0.05, 0.1) is 7.11 Å². The van der Waals surface area contributed by atoms with Crippen LogP contribution in [0.2, 0.25) is 0 Å². The third-order valence-electron chi connectivity index (χ3n) is 3.75. The molecule has 1 amide bonds. The molecule has 2 aromatic carbocycles. The normalized spacial score (nSPS) is 10.9. The fourth-order valence-electron chi connectivity index (χ4n) is 2.39. The summed E-state index contributed by atoms with van der Waals surface area (Å²) < 4.78 is 34.2. The van der Waals surface area contributed by atoms with Gasteiger partial charge < -0.3 is 10.1 Å². The zero-order valence-electron chi connectivity index (χ0n) is 14.7. The molecule has 0 spiro atoms. The molecular formula is C19H16BrN3O4S. The van der Waals surface area contributed by atoms with Gasteiger partial charge in [-0.25, -0.2) is 8.42 Å². The minimum absolute atomic E-state index is 0.130. The van der Waals surface area contributed by atoms with Crippen molar-refractivity contribution in [1.29, 1.82) is 0 Å². The number of amides is 1. The molecule has 0 bridgehead atoms. The quantitative estimate of drug-likeness (QED) is 0.579. The first-order valence-corrected chi connectivity index (χ1v) is 10.3. The number of hydrogen-bond acceptors (Lipinski definition) is 5. The molecule has 0 atom stereocenters. The third kappa shape index (κ3) is 4.68. The summed E-state index contributed by atoms with van der Waals surface area (Å²) >= 11 is 3.30. The van der Waals surface area contributed by atoms with Crippen LogP contribution in [-0.2, 0) is 10.0 Å².